The van der Waals surface area contributed by atoms with Crippen LogP contribution in [0.5, 0.6) is 0 Å². The van der Waals surface area contributed by atoms with E-state index in [2.05, 4.69) is 0 Å². The van der Waals surface area contributed by atoms with Crippen LogP contribution in [0.3, 0.4) is 0 Å². The summed E-state index contributed by atoms with van der Waals surface area (Å²) in [5.74, 6) is 0.0992. The molecule has 2 rings (SSSR count). The van der Waals surface area contributed by atoms with Crippen molar-refractivity contribution in [3.63, 3.8) is 0 Å². The molecule has 0 bridgehead atoms. The van der Waals surface area contributed by atoms with Crippen LogP contribution in [0.2, 0.25) is 0 Å². The zero-order chi connectivity index (χ0) is 11.9. The molecule has 0 unspecified atom stereocenters. The van der Waals surface area contributed by atoms with E-state index in [4.69, 9.17) is 5.14 Å². The fourth-order valence-corrected chi connectivity index (χ4v) is 2.42. The van der Waals surface area contributed by atoms with Gasteiger partial charge in [0.15, 0.2) is 4.90 Å². The molecule has 1 fully saturated rings. The zero-order valence-corrected chi connectivity index (χ0v) is 9.11. The normalized spacial score (nSPS) is 16.1. The van der Waals surface area contributed by atoms with Crippen molar-refractivity contribution in [2.24, 2.45) is 5.14 Å². The fourth-order valence-electron chi connectivity index (χ4n) is 1.69. The number of sulfonamides is 1. The summed E-state index contributed by atoms with van der Waals surface area (Å²) in [7, 11) is -4.05. The third-order valence-corrected chi connectivity index (χ3v) is 3.48. The van der Waals surface area contributed by atoms with E-state index in [1.54, 1.807) is 6.07 Å². The molecular formula is C9H10N2O4S. The second-order valence-corrected chi connectivity index (χ2v) is 5.30. The molecule has 1 aliphatic carbocycles. The Balaban J connectivity index is 2.70. The van der Waals surface area contributed by atoms with Crippen LogP contribution in [0.25, 0.3) is 0 Å². The van der Waals surface area contributed by atoms with Gasteiger partial charge in [-0.1, -0.05) is 12.1 Å². The number of hydrogen-bond donors (Lipinski definition) is 1. The van der Waals surface area contributed by atoms with E-state index >= 15 is 0 Å². The summed E-state index contributed by atoms with van der Waals surface area (Å²) in [6.07, 6.45) is 1.71. The average Bonchev–Trinajstić information content (AvgIpc) is 2.98. The van der Waals surface area contributed by atoms with Crippen molar-refractivity contribution >= 4 is 15.7 Å². The average molecular weight is 242 g/mol. The van der Waals surface area contributed by atoms with Gasteiger partial charge in [0.1, 0.15) is 0 Å². The fraction of sp³-hybridized carbons (Fsp3) is 0.333. The third kappa shape index (κ3) is 1.91. The second-order valence-electron chi connectivity index (χ2n) is 3.77. The van der Waals surface area contributed by atoms with Gasteiger partial charge in [0, 0.05) is 5.56 Å². The number of para-hydroxylation sites is 1. The van der Waals surface area contributed by atoms with Crippen molar-refractivity contribution in [3.8, 4) is 0 Å². The van der Waals surface area contributed by atoms with Gasteiger partial charge in [-0.2, -0.15) is 0 Å². The van der Waals surface area contributed by atoms with E-state index in [-0.39, 0.29) is 11.6 Å². The Morgan fingerprint density at radius 2 is 2.00 bits per heavy atom. The Hall–Kier alpha value is -1.47. The number of benzene rings is 1. The Morgan fingerprint density at radius 3 is 2.44 bits per heavy atom. The molecule has 6 nitrogen and oxygen atoms in total. The minimum Gasteiger partial charge on any atom is -0.258 e. The SMILES string of the molecule is NS(=O)(=O)c1cccc(C2CC2)c1[N+](=O)[O-]. The molecule has 0 aliphatic heterocycles. The van der Waals surface area contributed by atoms with Crippen LogP contribution in [0.1, 0.15) is 24.3 Å². The molecule has 16 heavy (non-hydrogen) atoms. The molecule has 86 valence electrons. The summed E-state index contributed by atoms with van der Waals surface area (Å²) in [4.78, 5) is 9.83. The molecule has 0 atom stereocenters. The summed E-state index contributed by atoms with van der Waals surface area (Å²) in [6, 6.07) is 4.24. The Kier molecular flexibility index (Phi) is 2.43. The molecule has 0 saturated heterocycles. The largest absolute Gasteiger partial charge is 0.292 e. The number of nitro groups is 1. The van der Waals surface area contributed by atoms with Crippen molar-refractivity contribution in [1.82, 2.24) is 0 Å². The quantitative estimate of drug-likeness (QED) is 0.633. The maximum Gasteiger partial charge on any atom is 0.292 e. The molecule has 7 heteroatoms. The highest BCUT2D eigenvalue weighted by Crippen LogP contribution is 2.45. The minimum absolute atomic E-state index is 0.0992. The molecule has 0 heterocycles. The highest BCUT2D eigenvalue weighted by Gasteiger charge is 2.34. The van der Waals surface area contributed by atoms with Gasteiger partial charge in [-0.25, -0.2) is 13.6 Å². The minimum atomic E-state index is -4.05. The molecule has 1 aromatic rings. The Bertz CT molecular complexity index is 549. The van der Waals surface area contributed by atoms with Crippen molar-refractivity contribution in [3.05, 3.63) is 33.9 Å². The first-order valence-electron chi connectivity index (χ1n) is 4.71. The molecule has 1 aliphatic rings. The number of nitro benzene ring substituents is 1. The summed E-state index contributed by atoms with van der Waals surface area (Å²) in [5, 5.41) is 15.9. The number of hydrogen-bond acceptors (Lipinski definition) is 4. The Labute approximate surface area is 92.3 Å². The lowest BCUT2D eigenvalue weighted by Gasteiger charge is -2.04. The summed E-state index contributed by atoms with van der Waals surface area (Å²) >= 11 is 0. The Morgan fingerprint density at radius 1 is 1.38 bits per heavy atom. The number of primary sulfonamides is 1. The second kappa shape index (κ2) is 3.53. The predicted molar refractivity (Wildman–Crippen MR) is 56.4 cm³/mol. The highest BCUT2D eigenvalue weighted by atomic mass is 32.2. The molecule has 1 aromatic carbocycles. The van der Waals surface area contributed by atoms with E-state index in [9.17, 15) is 18.5 Å². The van der Waals surface area contributed by atoms with E-state index in [1.165, 1.54) is 12.1 Å². The lowest BCUT2D eigenvalue weighted by atomic mass is 10.1. The highest BCUT2D eigenvalue weighted by molar-refractivity contribution is 7.89. The van der Waals surface area contributed by atoms with Gasteiger partial charge in [0.2, 0.25) is 10.0 Å². The number of rotatable bonds is 3. The maximum atomic E-state index is 11.2. The first kappa shape index (κ1) is 11.0. The number of nitrogens with zero attached hydrogens (tertiary/aromatic N) is 1. The van der Waals surface area contributed by atoms with E-state index in [1.807, 2.05) is 0 Å². The zero-order valence-electron chi connectivity index (χ0n) is 8.29. The van der Waals surface area contributed by atoms with Crippen LogP contribution in [0.15, 0.2) is 23.1 Å². The predicted octanol–water partition coefficient (Wildman–Crippen LogP) is 1.12. The molecule has 0 aromatic heterocycles. The smallest absolute Gasteiger partial charge is 0.258 e. The van der Waals surface area contributed by atoms with Crippen LogP contribution < -0.4 is 5.14 Å². The third-order valence-electron chi connectivity index (χ3n) is 2.54. The van der Waals surface area contributed by atoms with E-state index in [0.29, 0.717) is 5.56 Å². The van der Waals surface area contributed by atoms with E-state index < -0.39 is 19.8 Å². The van der Waals surface area contributed by atoms with Gasteiger partial charge in [0.25, 0.3) is 5.69 Å². The molecule has 0 amide bonds. The lowest BCUT2D eigenvalue weighted by Crippen LogP contribution is -2.15. The first-order chi connectivity index (χ1) is 7.41. The monoisotopic (exact) mass is 242 g/mol. The summed E-state index contributed by atoms with van der Waals surface area (Å²) in [6.45, 7) is 0. The molecule has 0 radical (unpaired) electrons. The first-order valence-corrected chi connectivity index (χ1v) is 6.26. The van der Waals surface area contributed by atoms with Gasteiger partial charge in [-0.15, -0.1) is 0 Å². The van der Waals surface area contributed by atoms with Crippen molar-refractivity contribution in [2.75, 3.05) is 0 Å². The maximum absolute atomic E-state index is 11.2. The van der Waals surface area contributed by atoms with Gasteiger partial charge in [0.05, 0.1) is 4.92 Å². The molecular weight excluding hydrogens is 232 g/mol. The number of nitrogens with two attached hydrogens (primary N) is 1. The van der Waals surface area contributed by atoms with Crippen LogP contribution >= 0.6 is 0 Å². The molecule has 1 saturated carbocycles. The van der Waals surface area contributed by atoms with Crippen molar-refractivity contribution < 1.29 is 13.3 Å². The van der Waals surface area contributed by atoms with Gasteiger partial charge in [-0.3, -0.25) is 10.1 Å². The van der Waals surface area contributed by atoms with Crippen molar-refractivity contribution in [2.45, 2.75) is 23.7 Å². The van der Waals surface area contributed by atoms with Crippen LogP contribution in [0.4, 0.5) is 5.69 Å². The van der Waals surface area contributed by atoms with Gasteiger partial charge < -0.3 is 0 Å². The molecule has 2 N–H and O–H groups in total. The van der Waals surface area contributed by atoms with Gasteiger partial charge in [-0.05, 0) is 24.8 Å². The van der Waals surface area contributed by atoms with Crippen LogP contribution in [0, 0.1) is 10.1 Å². The molecule has 0 spiro atoms. The van der Waals surface area contributed by atoms with Crippen molar-refractivity contribution in [1.29, 1.82) is 0 Å². The van der Waals surface area contributed by atoms with Crippen LogP contribution in [-0.4, -0.2) is 13.3 Å². The standard InChI is InChI=1S/C9H10N2O4S/c10-16(14,15)8-3-1-2-7(6-4-5-6)9(8)11(12)13/h1-3,6H,4-5H2,(H2,10,14,15). The van der Waals surface area contributed by atoms with Gasteiger partial charge >= 0.3 is 0 Å². The topological polar surface area (TPSA) is 103 Å². The van der Waals surface area contributed by atoms with Crippen LogP contribution in [-0.2, 0) is 10.0 Å². The lowest BCUT2D eigenvalue weighted by molar-refractivity contribution is -0.388. The van der Waals surface area contributed by atoms with E-state index in [0.717, 1.165) is 12.8 Å². The summed E-state index contributed by atoms with van der Waals surface area (Å²) in [5.41, 5.74) is 0.101. The summed E-state index contributed by atoms with van der Waals surface area (Å²) < 4.78 is 22.5.